The van der Waals surface area contributed by atoms with Gasteiger partial charge in [-0.2, -0.15) is 13.2 Å². The molecular formula is C11H9F3O4. The van der Waals surface area contributed by atoms with Crippen molar-refractivity contribution in [3.8, 4) is 17.2 Å². The number of hydrogen-bond donors (Lipinski definition) is 0. The second kappa shape index (κ2) is 4.75. The van der Waals surface area contributed by atoms with Crippen molar-refractivity contribution in [3.63, 3.8) is 0 Å². The number of alkyl halides is 3. The Bertz CT molecular complexity index is 456. The Morgan fingerprint density at radius 2 is 1.94 bits per heavy atom. The number of fused-ring (bicyclic) bond motifs is 1. The van der Waals surface area contributed by atoms with Crippen molar-refractivity contribution in [2.45, 2.75) is 12.6 Å². The summed E-state index contributed by atoms with van der Waals surface area (Å²) in [7, 11) is 0. The van der Waals surface area contributed by atoms with Crippen molar-refractivity contribution in [1.82, 2.24) is 0 Å². The number of ether oxygens (including phenoxy) is 3. The maximum absolute atomic E-state index is 12.0. The molecular weight excluding hydrogens is 253 g/mol. The van der Waals surface area contributed by atoms with Gasteiger partial charge in [0, 0.05) is 6.07 Å². The molecule has 0 radical (unpaired) electrons. The van der Waals surface area contributed by atoms with Gasteiger partial charge in [0.05, 0.1) is 18.6 Å². The summed E-state index contributed by atoms with van der Waals surface area (Å²) in [4.78, 5) is 10.8. The number of aldehydes is 1. The van der Waals surface area contributed by atoms with E-state index in [1.807, 2.05) is 0 Å². The lowest BCUT2D eigenvalue weighted by atomic mass is 10.2. The van der Waals surface area contributed by atoms with E-state index in [9.17, 15) is 18.0 Å². The summed E-state index contributed by atoms with van der Waals surface area (Å²) in [5.74, 6) is 0.779. The number of carbonyl (C=O) groups is 1. The number of rotatable bonds is 4. The van der Waals surface area contributed by atoms with Gasteiger partial charge in [-0.3, -0.25) is 4.79 Å². The minimum atomic E-state index is -4.29. The lowest BCUT2D eigenvalue weighted by Crippen LogP contribution is -2.13. The molecule has 0 amide bonds. The third-order valence-corrected chi connectivity index (χ3v) is 2.28. The van der Waals surface area contributed by atoms with Gasteiger partial charge < -0.3 is 14.2 Å². The van der Waals surface area contributed by atoms with Crippen LogP contribution < -0.4 is 14.2 Å². The molecule has 0 N–H and O–H groups in total. The van der Waals surface area contributed by atoms with Crippen LogP contribution in [0.5, 0.6) is 17.2 Å². The smallest absolute Gasteiger partial charge is 0.392 e. The van der Waals surface area contributed by atoms with Crippen molar-refractivity contribution >= 4 is 6.29 Å². The SMILES string of the molecule is O=Cc1cc2c(cc1OCCC(F)(F)F)OCO2. The Morgan fingerprint density at radius 1 is 1.28 bits per heavy atom. The molecule has 98 valence electrons. The first kappa shape index (κ1) is 12.5. The van der Waals surface area contributed by atoms with Crippen LogP contribution in [0.1, 0.15) is 16.8 Å². The van der Waals surface area contributed by atoms with E-state index in [4.69, 9.17) is 14.2 Å². The Hall–Kier alpha value is -1.92. The van der Waals surface area contributed by atoms with Crippen molar-refractivity contribution in [2.24, 2.45) is 0 Å². The van der Waals surface area contributed by atoms with Crippen molar-refractivity contribution in [3.05, 3.63) is 17.7 Å². The predicted molar refractivity (Wildman–Crippen MR) is 54.1 cm³/mol. The molecule has 4 nitrogen and oxygen atoms in total. The fourth-order valence-corrected chi connectivity index (χ4v) is 1.43. The van der Waals surface area contributed by atoms with E-state index in [1.165, 1.54) is 12.1 Å². The van der Waals surface area contributed by atoms with Crippen LogP contribution in [0.15, 0.2) is 12.1 Å². The first-order chi connectivity index (χ1) is 8.49. The lowest BCUT2D eigenvalue weighted by Gasteiger charge is -2.10. The monoisotopic (exact) mass is 262 g/mol. The lowest BCUT2D eigenvalue weighted by molar-refractivity contribution is -0.139. The van der Waals surface area contributed by atoms with Crippen LogP contribution in [0.4, 0.5) is 13.2 Å². The minimum Gasteiger partial charge on any atom is -0.492 e. The van der Waals surface area contributed by atoms with E-state index in [1.54, 1.807) is 0 Å². The summed E-state index contributed by atoms with van der Waals surface area (Å²) in [5, 5.41) is 0. The molecule has 1 aromatic rings. The largest absolute Gasteiger partial charge is 0.492 e. The maximum Gasteiger partial charge on any atom is 0.392 e. The van der Waals surface area contributed by atoms with E-state index in [0.29, 0.717) is 17.8 Å². The van der Waals surface area contributed by atoms with E-state index in [-0.39, 0.29) is 18.1 Å². The Morgan fingerprint density at radius 3 is 2.56 bits per heavy atom. The van der Waals surface area contributed by atoms with Crippen LogP contribution in [0, 0.1) is 0 Å². The zero-order chi connectivity index (χ0) is 13.2. The standard InChI is InChI=1S/C11H9F3O4/c12-11(13,14)1-2-16-8-4-10-9(17-6-18-10)3-7(8)5-15/h3-5H,1-2,6H2. The average Bonchev–Trinajstić information content (AvgIpc) is 2.73. The highest BCUT2D eigenvalue weighted by atomic mass is 19.4. The van der Waals surface area contributed by atoms with E-state index >= 15 is 0 Å². The molecule has 7 heteroatoms. The Kier molecular flexibility index (Phi) is 3.31. The van der Waals surface area contributed by atoms with Gasteiger partial charge in [0.1, 0.15) is 5.75 Å². The van der Waals surface area contributed by atoms with Gasteiger partial charge in [-0.25, -0.2) is 0 Å². The van der Waals surface area contributed by atoms with Crippen LogP contribution >= 0.6 is 0 Å². The molecule has 1 aliphatic rings. The summed E-state index contributed by atoms with van der Waals surface area (Å²) >= 11 is 0. The highest BCUT2D eigenvalue weighted by Crippen LogP contribution is 2.37. The van der Waals surface area contributed by atoms with Crippen molar-refractivity contribution < 1.29 is 32.2 Å². The molecule has 1 aromatic carbocycles. The zero-order valence-electron chi connectivity index (χ0n) is 9.12. The first-order valence-corrected chi connectivity index (χ1v) is 5.08. The van der Waals surface area contributed by atoms with Crippen molar-refractivity contribution in [1.29, 1.82) is 0 Å². The highest BCUT2D eigenvalue weighted by molar-refractivity contribution is 5.81. The van der Waals surface area contributed by atoms with Gasteiger partial charge in [-0.15, -0.1) is 0 Å². The molecule has 0 aliphatic carbocycles. The molecule has 2 rings (SSSR count). The first-order valence-electron chi connectivity index (χ1n) is 5.08. The highest BCUT2D eigenvalue weighted by Gasteiger charge is 2.27. The maximum atomic E-state index is 12.0. The number of hydrogen-bond acceptors (Lipinski definition) is 4. The molecule has 0 bridgehead atoms. The van der Waals surface area contributed by atoms with Crippen LogP contribution in [-0.2, 0) is 0 Å². The van der Waals surface area contributed by atoms with Gasteiger partial charge in [0.25, 0.3) is 0 Å². The summed E-state index contributed by atoms with van der Waals surface area (Å²) in [6.45, 7) is -0.538. The fraction of sp³-hybridized carbons (Fsp3) is 0.364. The van der Waals surface area contributed by atoms with Crippen LogP contribution in [0.25, 0.3) is 0 Å². The number of benzene rings is 1. The molecule has 1 heterocycles. The quantitative estimate of drug-likeness (QED) is 0.782. The summed E-state index contributed by atoms with van der Waals surface area (Å²) in [6, 6.07) is 2.72. The third kappa shape index (κ3) is 2.85. The molecule has 1 aliphatic heterocycles. The summed E-state index contributed by atoms with van der Waals surface area (Å²) in [5.41, 5.74) is 0.126. The normalized spacial score (nSPS) is 13.5. The van der Waals surface area contributed by atoms with Gasteiger partial charge in [-0.05, 0) is 6.07 Å². The summed E-state index contributed by atoms with van der Waals surface area (Å²) < 4.78 is 50.9. The van der Waals surface area contributed by atoms with Gasteiger partial charge in [-0.1, -0.05) is 0 Å². The minimum absolute atomic E-state index is 0.0135. The van der Waals surface area contributed by atoms with E-state index in [0.717, 1.165) is 0 Å². The second-order valence-electron chi connectivity index (χ2n) is 3.57. The molecule has 18 heavy (non-hydrogen) atoms. The molecule has 0 unspecified atom stereocenters. The molecule has 0 fully saturated rings. The van der Waals surface area contributed by atoms with Gasteiger partial charge >= 0.3 is 6.18 Å². The molecule has 0 saturated carbocycles. The molecule has 0 spiro atoms. The Labute approximate surface area is 100 Å². The van der Waals surface area contributed by atoms with E-state index < -0.39 is 19.2 Å². The zero-order valence-corrected chi connectivity index (χ0v) is 9.12. The molecule has 0 aromatic heterocycles. The summed E-state index contributed by atoms with van der Waals surface area (Å²) in [6.07, 6.45) is -4.89. The molecule has 0 saturated heterocycles. The van der Waals surface area contributed by atoms with Crippen molar-refractivity contribution in [2.75, 3.05) is 13.4 Å². The van der Waals surface area contributed by atoms with Gasteiger partial charge in [0.2, 0.25) is 6.79 Å². The third-order valence-electron chi connectivity index (χ3n) is 2.28. The van der Waals surface area contributed by atoms with Crippen LogP contribution in [0.2, 0.25) is 0 Å². The van der Waals surface area contributed by atoms with Crippen LogP contribution in [-0.4, -0.2) is 25.9 Å². The second-order valence-corrected chi connectivity index (χ2v) is 3.57. The van der Waals surface area contributed by atoms with Gasteiger partial charge in [0.15, 0.2) is 17.8 Å². The number of halogens is 3. The average molecular weight is 262 g/mol. The van der Waals surface area contributed by atoms with Crippen LogP contribution in [0.3, 0.4) is 0 Å². The fourth-order valence-electron chi connectivity index (χ4n) is 1.43. The number of carbonyl (C=O) groups excluding carboxylic acids is 1. The van der Waals surface area contributed by atoms with E-state index in [2.05, 4.69) is 0 Å². The predicted octanol–water partition coefficient (Wildman–Crippen LogP) is 2.56. The topological polar surface area (TPSA) is 44.8 Å². The molecule has 0 atom stereocenters. The Balaban J connectivity index is 2.10.